The van der Waals surface area contributed by atoms with Gasteiger partial charge in [0.1, 0.15) is 0 Å². The highest BCUT2D eigenvalue weighted by molar-refractivity contribution is 5.22. The fourth-order valence-corrected chi connectivity index (χ4v) is 2.46. The fraction of sp³-hybridized carbons (Fsp3) is 0.500. The first-order valence-corrected chi connectivity index (χ1v) is 8.09. The van der Waals surface area contributed by atoms with E-state index in [4.69, 9.17) is 5.11 Å². The van der Waals surface area contributed by atoms with Gasteiger partial charge < -0.3 is 5.11 Å². The van der Waals surface area contributed by atoms with Crippen LogP contribution in [0.5, 0.6) is 0 Å². The molecule has 0 amide bonds. The lowest BCUT2D eigenvalue weighted by Crippen LogP contribution is -1.86. The molecule has 0 aliphatic carbocycles. The van der Waals surface area contributed by atoms with Gasteiger partial charge in [-0.05, 0) is 64.9 Å². The van der Waals surface area contributed by atoms with Crippen molar-refractivity contribution < 1.29 is 5.11 Å². The fourth-order valence-electron chi connectivity index (χ4n) is 2.46. The Morgan fingerprint density at radius 3 is 2.48 bits per heavy atom. The third-order valence-electron chi connectivity index (χ3n) is 3.77. The lowest BCUT2D eigenvalue weighted by molar-refractivity contribution is 0.288. The number of hydrogen-bond acceptors (Lipinski definition) is 1. The molecule has 1 rings (SSSR count). The van der Waals surface area contributed by atoms with E-state index in [1.54, 1.807) is 0 Å². The molecule has 1 aromatic rings. The quantitative estimate of drug-likeness (QED) is 0.605. The molecular weight excluding hydrogens is 256 g/mol. The molecule has 0 heterocycles. The first-order chi connectivity index (χ1) is 10.1. The SMILES string of the molecule is CC(=CCCc1cccc(C)c1)CCC=C(C)CCCO. The number of aryl methyl sites for hydroxylation is 2. The van der Waals surface area contributed by atoms with E-state index in [-0.39, 0.29) is 0 Å². The van der Waals surface area contributed by atoms with E-state index >= 15 is 0 Å². The van der Waals surface area contributed by atoms with E-state index in [1.807, 2.05) is 0 Å². The molecule has 0 atom stereocenters. The van der Waals surface area contributed by atoms with Gasteiger partial charge in [-0.25, -0.2) is 0 Å². The Balaban J connectivity index is 2.27. The summed E-state index contributed by atoms with van der Waals surface area (Å²) in [7, 11) is 0. The van der Waals surface area contributed by atoms with Gasteiger partial charge in [-0.3, -0.25) is 0 Å². The van der Waals surface area contributed by atoms with E-state index in [2.05, 4.69) is 57.2 Å². The number of allylic oxidation sites excluding steroid dienone is 4. The average Bonchev–Trinajstić information content (AvgIpc) is 2.45. The molecule has 0 saturated carbocycles. The minimum absolute atomic E-state index is 0.295. The van der Waals surface area contributed by atoms with E-state index < -0.39 is 0 Å². The summed E-state index contributed by atoms with van der Waals surface area (Å²) in [5.74, 6) is 0. The van der Waals surface area contributed by atoms with Crippen molar-refractivity contribution in [3.63, 3.8) is 0 Å². The second-order valence-corrected chi connectivity index (χ2v) is 5.99. The van der Waals surface area contributed by atoms with E-state index in [1.165, 1.54) is 22.3 Å². The molecule has 0 spiro atoms. The van der Waals surface area contributed by atoms with Crippen molar-refractivity contribution in [2.45, 2.75) is 59.3 Å². The summed E-state index contributed by atoms with van der Waals surface area (Å²) in [5, 5.41) is 8.80. The maximum absolute atomic E-state index is 8.80. The van der Waals surface area contributed by atoms with Crippen molar-refractivity contribution >= 4 is 0 Å². The van der Waals surface area contributed by atoms with Crippen molar-refractivity contribution in [1.82, 2.24) is 0 Å². The van der Waals surface area contributed by atoms with Crippen molar-refractivity contribution in [2.24, 2.45) is 0 Å². The topological polar surface area (TPSA) is 20.2 Å². The molecule has 1 aromatic carbocycles. The Hall–Kier alpha value is -1.34. The number of hydrogen-bond donors (Lipinski definition) is 1. The largest absolute Gasteiger partial charge is 0.396 e. The molecule has 1 heteroatoms. The van der Waals surface area contributed by atoms with Gasteiger partial charge in [0.25, 0.3) is 0 Å². The highest BCUT2D eigenvalue weighted by Gasteiger charge is 1.94. The predicted molar refractivity (Wildman–Crippen MR) is 92.6 cm³/mol. The van der Waals surface area contributed by atoms with Crippen LogP contribution in [0.25, 0.3) is 0 Å². The van der Waals surface area contributed by atoms with Crippen LogP contribution >= 0.6 is 0 Å². The molecule has 0 unspecified atom stereocenters. The Morgan fingerprint density at radius 1 is 1.05 bits per heavy atom. The van der Waals surface area contributed by atoms with Crippen molar-refractivity contribution in [3.8, 4) is 0 Å². The van der Waals surface area contributed by atoms with Gasteiger partial charge in [0.2, 0.25) is 0 Å². The Kier molecular flexibility index (Phi) is 8.77. The standard InChI is InChI=1S/C20H30O/c1-17(8-4-9-18(2)12-7-15-21)10-5-13-20-14-6-11-19(3)16-20/h6,9-11,14,16,21H,4-5,7-8,12-13,15H2,1-3H3. The van der Waals surface area contributed by atoms with Gasteiger partial charge in [0.15, 0.2) is 0 Å². The minimum Gasteiger partial charge on any atom is -0.396 e. The summed E-state index contributed by atoms with van der Waals surface area (Å²) < 4.78 is 0. The zero-order valence-electron chi connectivity index (χ0n) is 13.9. The normalized spacial score (nSPS) is 12.8. The molecule has 0 aliphatic heterocycles. The van der Waals surface area contributed by atoms with Gasteiger partial charge in [-0.2, -0.15) is 0 Å². The molecule has 0 aliphatic rings. The van der Waals surface area contributed by atoms with Crippen LogP contribution in [-0.4, -0.2) is 11.7 Å². The monoisotopic (exact) mass is 286 g/mol. The second-order valence-electron chi connectivity index (χ2n) is 5.99. The molecule has 1 N–H and O–H groups in total. The van der Waals surface area contributed by atoms with Gasteiger partial charge >= 0.3 is 0 Å². The molecule has 21 heavy (non-hydrogen) atoms. The van der Waals surface area contributed by atoms with Gasteiger partial charge in [-0.15, -0.1) is 0 Å². The predicted octanol–water partition coefficient (Wildman–Crippen LogP) is 5.37. The maximum atomic E-state index is 8.80. The Labute approximate surface area is 130 Å². The smallest absolute Gasteiger partial charge is 0.0434 e. The van der Waals surface area contributed by atoms with E-state index in [0.29, 0.717) is 6.61 Å². The van der Waals surface area contributed by atoms with Crippen LogP contribution in [0.2, 0.25) is 0 Å². The maximum Gasteiger partial charge on any atom is 0.0434 e. The third-order valence-corrected chi connectivity index (χ3v) is 3.77. The molecule has 0 bridgehead atoms. The van der Waals surface area contributed by atoms with Crippen molar-refractivity contribution in [3.05, 3.63) is 58.7 Å². The van der Waals surface area contributed by atoms with Crippen LogP contribution < -0.4 is 0 Å². The molecular formula is C20H30O. The lowest BCUT2D eigenvalue weighted by Gasteiger charge is -2.03. The van der Waals surface area contributed by atoms with Crippen LogP contribution in [0.3, 0.4) is 0 Å². The molecule has 116 valence electrons. The van der Waals surface area contributed by atoms with Crippen LogP contribution in [-0.2, 0) is 6.42 Å². The third kappa shape index (κ3) is 8.52. The van der Waals surface area contributed by atoms with Gasteiger partial charge in [-0.1, -0.05) is 53.1 Å². The summed E-state index contributed by atoms with van der Waals surface area (Å²) >= 11 is 0. The molecule has 0 fully saturated rings. The van der Waals surface area contributed by atoms with E-state index in [9.17, 15) is 0 Å². The van der Waals surface area contributed by atoms with Crippen LogP contribution in [0, 0.1) is 6.92 Å². The molecule has 0 saturated heterocycles. The van der Waals surface area contributed by atoms with Crippen LogP contribution in [0.1, 0.15) is 57.1 Å². The summed E-state index contributed by atoms with van der Waals surface area (Å²) in [6.07, 6.45) is 11.1. The molecule has 0 radical (unpaired) electrons. The highest BCUT2D eigenvalue weighted by atomic mass is 16.2. The number of aliphatic hydroxyl groups excluding tert-OH is 1. The lowest BCUT2D eigenvalue weighted by atomic mass is 10.0. The Morgan fingerprint density at radius 2 is 1.76 bits per heavy atom. The zero-order chi connectivity index (χ0) is 15.5. The zero-order valence-corrected chi connectivity index (χ0v) is 13.9. The summed E-state index contributed by atoms with van der Waals surface area (Å²) in [4.78, 5) is 0. The van der Waals surface area contributed by atoms with Crippen molar-refractivity contribution in [2.75, 3.05) is 6.61 Å². The first-order valence-electron chi connectivity index (χ1n) is 8.09. The Bertz CT molecular complexity index is 468. The highest BCUT2D eigenvalue weighted by Crippen LogP contribution is 2.12. The van der Waals surface area contributed by atoms with E-state index in [0.717, 1.165) is 38.5 Å². The average molecular weight is 286 g/mol. The van der Waals surface area contributed by atoms with Crippen LogP contribution in [0.15, 0.2) is 47.6 Å². The number of rotatable bonds is 9. The van der Waals surface area contributed by atoms with Gasteiger partial charge in [0, 0.05) is 6.61 Å². The van der Waals surface area contributed by atoms with Crippen LogP contribution in [0.4, 0.5) is 0 Å². The first kappa shape index (κ1) is 17.7. The summed E-state index contributed by atoms with van der Waals surface area (Å²) in [6, 6.07) is 8.77. The van der Waals surface area contributed by atoms with Gasteiger partial charge in [0.05, 0.1) is 0 Å². The van der Waals surface area contributed by atoms with Crippen molar-refractivity contribution in [1.29, 1.82) is 0 Å². The second kappa shape index (κ2) is 10.4. The number of aliphatic hydroxyl groups is 1. The molecule has 0 aromatic heterocycles. The minimum atomic E-state index is 0.295. The molecule has 1 nitrogen and oxygen atoms in total. The summed E-state index contributed by atoms with van der Waals surface area (Å²) in [5.41, 5.74) is 5.65. The summed E-state index contributed by atoms with van der Waals surface area (Å²) in [6.45, 7) is 6.83. The number of benzene rings is 1.